The molecule has 0 atom stereocenters. The molecule has 5 heteroatoms. The van der Waals surface area contributed by atoms with Crippen molar-refractivity contribution < 1.29 is 19.0 Å². The molecule has 1 aliphatic heterocycles. The number of hydrogen-bond donors (Lipinski definition) is 0. The summed E-state index contributed by atoms with van der Waals surface area (Å²) in [6.07, 6.45) is 0. The molecule has 3 aromatic carbocycles. The molecule has 0 bridgehead atoms. The van der Waals surface area contributed by atoms with Gasteiger partial charge in [-0.05, 0) is 48.0 Å². The molecule has 0 spiro atoms. The first-order chi connectivity index (χ1) is 13.7. The van der Waals surface area contributed by atoms with Crippen LogP contribution in [0.4, 0.5) is 0 Å². The third kappa shape index (κ3) is 4.09. The Hall–Kier alpha value is -3.47. The highest BCUT2D eigenvalue weighted by atomic mass is 16.6. The van der Waals surface area contributed by atoms with Gasteiger partial charge in [-0.2, -0.15) is 0 Å². The van der Waals surface area contributed by atoms with Crippen molar-refractivity contribution in [2.75, 3.05) is 20.3 Å². The molecular formula is C23H21NO4. The van der Waals surface area contributed by atoms with Gasteiger partial charge in [0.1, 0.15) is 24.7 Å². The van der Waals surface area contributed by atoms with Crippen molar-refractivity contribution in [1.82, 2.24) is 4.90 Å². The topological polar surface area (TPSA) is 48.0 Å². The Balaban J connectivity index is 1.46. The first kappa shape index (κ1) is 17.9. The molecule has 28 heavy (non-hydrogen) atoms. The summed E-state index contributed by atoms with van der Waals surface area (Å²) in [6, 6.07) is 22.5. The van der Waals surface area contributed by atoms with Gasteiger partial charge in [-0.1, -0.05) is 30.3 Å². The van der Waals surface area contributed by atoms with Crippen molar-refractivity contribution in [1.29, 1.82) is 0 Å². The third-order valence-corrected chi connectivity index (χ3v) is 4.43. The van der Waals surface area contributed by atoms with Crippen molar-refractivity contribution >= 4 is 5.91 Å². The predicted molar refractivity (Wildman–Crippen MR) is 106 cm³/mol. The Morgan fingerprint density at radius 3 is 2.46 bits per heavy atom. The Morgan fingerprint density at radius 2 is 1.64 bits per heavy atom. The second kappa shape index (κ2) is 8.05. The Labute approximate surface area is 164 Å². The number of fused-ring (bicyclic) bond motifs is 1. The molecule has 0 unspecified atom stereocenters. The van der Waals surface area contributed by atoms with Gasteiger partial charge in [0.15, 0.2) is 11.5 Å². The second-order valence-corrected chi connectivity index (χ2v) is 6.58. The number of para-hydroxylation sites is 1. The fourth-order valence-corrected chi connectivity index (χ4v) is 3.07. The summed E-state index contributed by atoms with van der Waals surface area (Å²) in [7, 11) is 1.78. The van der Waals surface area contributed by atoms with E-state index in [4.69, 9.17) is 14.2 Å². The number of nitrogens with zero attached hydrogens (tertiary/aromatic N) is 1. The number of carbonyl (C=O) groups excluding carboxylic acids is 1. The molecule has 1 amide bonds. The smallest absolute Gasteiger partial charge is 0.254 e. The van der Waals surface area contributed by atoms with Crippen LogP contribution in [0.2, 0.25) is 0 Å². The molecule has 142 valence electrons. The van der Waals surface area contributed by atoms with E-state index in [0.29, 0.717) is 31.1 Å². The van der Waals surface area contributed by atoms with Crippen LogP contribution in [0.25, 0.3) is 0 Å². The zero-order valence-corrected chi connectivity index (χ0v) is 15.6. The highest BCUT2D eigenvalue weighted by molar-refractivity contribution is 5.94. The fraction of sp³-hybridized carbons (Fsp3) is 0.174. The minimum Gasteiger partial charge on any atom is -0.486 e. The van der Waals surface area contributed by atoms with Gasteiger partial charge in [0, 0.05) is 19.2 Å². The quantitative estimate of drug-likeness (QED) is 0.658. The molecule has 3 aromatic rings. The largest absolute Gasteiger partial charge is 0.486 e. The Bertz CT molecular complexity index is 971. The van der Waals surface area contributed by atoms with E-state index in [9.17, 15) is 4.79 Å². The molecule has 5 nitrogen and oxygen atoms in total. The number of benzene rings is 3. The predicted octanol–water partition coefficient (Wildman–Crippen LogP) is 4.52. The molecule has 4 rings (SSSR count). The van der Waals surface area contributed by atoms with E-state index in [0.717, 1.165) is 22.8 Å². The van der Waals surface area contributed by atoms with Gasteiger partial charge in [0.05, 0.1) is 0 Å². The van der Waals surface area contributed by atoms with Crippen LogP contribution in [0.1, 0.15) is 15.9 Å². The standard InChI is InChI=1S/C23H21NO4/c1-24(16-17-10-11-21-22(14-17)27-13-12-26-21)23(25)18-6-5-9-20(15-18)28-19-7-3-2-4-8-19/h2-11,14-15H,12-13,16H2,1H3. The number of rotatable bonds is 5. The molecule has 1 aliphatic rings. The van der Waals surface area contributed by atoms with E-state index < -0.39 is 0 Å². The van der Waals surface area contributed by atoms with Crippen LogP contribution >= 0.6 is 0 Å². The van der Waals surface area contributed by atoms with Crippen molar-refractivity contribution in [3.63, 3.8) is 0 Å². The molecule has 1 heterocycles. The molecule has 0 aromatic heterocycles. The van der Waals surface area contributed by atoms with E-state index in [2.05, 4.69) is 0 Å². The average molecular weight is 375 g/mol. The van der Waals surface area contributed by atoms with Gasteiger partial charge in [-0.3, -0.25) is 4.79 Å². The van der Waals surface area contributed by atoms with Crippen LogP contribution in [0.15, 0.2) is 72.8 Å². The monoisotopic (exact) mass is 375 g/mol. The zero-order valence-electron chi connectivity index (χ0n) is 15.6. The maximum absolute atomic E-state index is 12.9. The summed E-state index contributed by atoms with van der Waals surface area (Å²) >= 11 is 0. The van der Waals surface area contributed by atoms with Crippen LogP contribution in [0.3, 0.4) is 0 Å². The van der Waals surface area contributed by atoms with Gasteiger partial charge in [-0.25, -0.2) is 0 Å². The molecule has 0 aliphatic carbocycles. The van der Waals surface area contributed by atoms with Crippen molar-refractivity contribution in [3.8, 4) is 23.0 Å². The Morgan fingerprint density at radius 1 is 0.893 bits per heavy atom. The summed E-state index contributed by atoms with van der Waals surface area (Å²) < 4.78 is 17.0. The maximum atomic E-state index is 12.9. The first-order valence-corrected chi connectivity index (χ1v) is 9.16. The van der Waals surface area contributed by atoms with Crippen LogP contribution in [-0.2, 0) is 6.54 Å². The first-order valence-electron chi connectivity index (χ1n) is 9.16. The summed E-state index contributed by atoms with van der Waals surface area (Å²) in [4.78, 5) is 14.5. The van der Waals surface area contributed by atoms with Crippen LogP contribution in [0.5, 0.6) is 23.0 Å². The van der Waals surface area contributed by atoms with Crippen LogP contribution in [0, 0.1) is 0 Å². The summed E-state index contributed by atoms with van der Waals surface area (Å²) in [5.74, 6) is 2.76. The lowest BCUT2D eigenvalue weighted by Crippen LogP contribution is -2.26. The van der Waals surface area contributed by atoms with Gasteiger partial charge >= 0.3 is 0 Å². The summed E-state index contributed by atoms with van der Waals surface area (Å²) in [6.45, 7) is 1.57. The van der Waals surface area contributed by atoms with Crippen LogP contribution in [-0.4, -0.2) is 31.1 Å². The number of amides is 1. The van der Waals surface area contributed by atoms with Crippen molar-refractivity contribution in [3.05, 3.63) is 83.9 Å². The SMILES string of the molecule is CN(Cc1ccc2c(c1)OCCO2)C(=O)c1cccc(Oc2ccccc2)c1. The fourth-order valence-electron chi connectivity index (χ4n) is 3.07. The zero-order chi connectivity index (χ0) is 19.3. The van der Waals surface area contributed by atoms with Gasteiger partial charge in [0.25, 0.3) is 5.91 Å². The van der Waals surface area contributed by atoms with Gasteiger partial charge in [-0.15, -0.1) is 0 Å². The van der Waals surface area contributed by atoms with E-state index in [1.54, 1.807) is 24.1 Å². The van der Waals surface area contributed by atoms with E-state index in [-0.39, 0.29) is 5.91 Å². The minimum absolute atomic E-state index is 0.0756. The molecular weight excluding hydrogens is 354 g/mol. The highest BCUT2D eigenvalue weighted by Gasteiger charge is 2.16. The number of ether oxygens (including phenoxy) is 3. The second-order valence-electron chi connectivity index (χ2n) is 6.58. The highest BCUT2D eigenvalue weighted by Crippen LogP contribution is 2.31. The van der Waals surface area contributed by atoms with Crippen molar-refractivity contribution in [2.24, 2.45) is 0 Å². The maximum Gasteiger partial charge on any atom is 0.254 e. The van der Waals surface area contributed by atoms with Crippen LogP contribution < -0.4 is 14.2 Å². The lowest BCUT2D eigenvalue weighted by Gasteiger charge is -2.21. The molecule has 0 fully saturated rings. The lowest BCUT2D eigenvalue weighted by atomic mass is 10.1. The van der Waals surface area contributed by atoms with Gasteiger partial charge < -0.3 is 19.1 Å². The van der Waals surface area contributed by atoms with Crippen molar-refractivity contribution in [2.45, 2.75) is 6.54 Å². The summed E-state index contributed by atoms with van der Waals surface area (Å²) in [5.41, 5.74) is 1.56. The number of carbonyl (C=O) groups is 1. The van der Waals surface area contributed by atoms with Gasteiger partial charge in [0.2, 0.25) is 0 Å². The van der Waals surface area contributed by atoms with E-state index in [1.165, 1.54) is 0 Å². The van der Waals surface area contributed by atoms with E-state index in [1.807, 2.05) is 60.7 Å². The average Bonchev–Trinajstić information content (AvgIpc) is 2.74. The Kier molecular flexibility index (Phi) is 5.15. The molecule has 0 saturated carbocycles. The summed E-state index contributed by atoms with van der Waals surface area (Å²) in [5, 5.41) is 0. The minimum atomic E-state index is -0.0756. The normalized spacial score (nSPS) is 12.3. The number of hydrogen-bond acceptors (Lipinski definition) is 4. The molecule has 0 radical (unpaired) electrons. The molecule has 0 N–H and O–H groups in total. The third-order valence-electron chi connectivity index (χ3n) is 4.43. The molecule has 0 saturated heterocycles. The van der Waals surface area contributed by atoms with E-state index >= 15 is 0 Å². The lowest BCUT2D eigenvalue weighted by molar-refractivity contribution is 0.0784.